The van der Waals surface area contributed by atoms with Gasteiger partial charge < -0.3 is 8.94 Å². The van der Waals surface area contributed by atoms with Crippen molar-refractivity contribution in [2.75, 3.05) is 0 Å². The van der Waals surface area contributed by atoms with Gasteiger partial charge in [0.15, 0.2) is 5.58 Å². The van der Waals surface area contributed by atoms with E-state index >= 15 is 0 Å². The van der Waals surface area contributed by atoms with Gasteiger partial charge in [-0.2, -0.15) is 0 Å². The number of nitrogens with zero attached hydrogens (tertiary/aromatic N) is 2. The molecule has 0 amide bonds. The Morgan fingerprint density at radius 3 is 2.95 bits per heavy atom. The molecule has 4 nitrogen and oxygen atoms in total. The Labute approximate surface area is 123 Å². The predicted octanol–water partition coefficient (Wildman–Crippen LogP) is 4.72. The lowest BCUT2D eigenvalue weighted by molar-refractivity contribution is 0.414. The fraction of sp³-hybridized carbons (Fsp3) is 0.167. The molecule has 0 atom stereocenters. The number of oxazole rings is 1. The first-order chi connectivity index (χ1) is 9.15. The molecule has 2 heterocycles. The van der Waals surface area contributed by atoms with Gasteiger partial charge >= 0.3 is 0 Å². The molecule has 0 aliphatic carbocycles. The van der Waals surface area contributed by atoms with E-state index < -0.39 is 0 Å². The van der Waals surface area contributed by atoms with Crippen LogP contribution in [-0.2, 0) is 5.75 Å². The Hall–Kier alpha value is -1.17. The lowest BCUT2D eigenvalue weighted by Gasteiger charge is -1.99. The van der Waals surface area contributed by atoms with Crippen LogP contribution in [0.25, 0.3) is 11.1 Å². The zero-order valence-electron chi connectivity index (χ0n) is 9.81. The van der Waals surface area contributed by atoms with Gasteiger partial charge in [0.05, 0.1) is 10.7 Å². The van der Waals surface area contributed by atoms with Crippen LogP contribution in [0, 0.1) is 6.92 Å². The van der Waals surface area contributed by atoms with Crippen molar-refractivity contribution in [2.45, 2.75) is 17.9 Å². The SMILES string of the molecule is Cc1c(Cl)cc2nc(SCc3ccon3)oc2c1Cl. The molecule has 7 heteroatoms. The van der Waals surface area contributed by atoms with Crippen molar-refractivity contribution in [1.82, 2.24) is 10.1 Å². The van der Waals surface area contributed by atoms with Crippen molar-refractivity contribution < 1.29 is 8.94 Å². The first-order valence-corrected chi connectivity index (χ1v) is 7.16. The molecule has 0 saturated heterocycles. The lowest BCUT2D eigenvalue weighted by Crippen LogP contribution is -1.79. The van der Waals surface area contributed by atoms with Crippen LogP contribution >= 0.6 is 35.0 Å². The van der Waals surface area contributed by atoms with Gasteiger partial charge in [-0.1, -0.05) is 40.1 Å². The van der Waals surface area contributed by atoms with Crippen LogP contribution in [0.4, 0.5) is 0 Å². The lowest BCUT2D eigenvalue weighted by atomic mass is 10.2. The molecule has 3 aromatic rings. The van der Waals surface area contributed by atoms with Gasteiger partial charge in [-0.15, -0.1) is 0 Å². The van der Waals surface area contributed by atoms with Crippen LogP contribution in [0.2, 0.25) is 10.0 Å². The van der Waals surface area contributed by atoms with Crippen LogP contribution in [0.3, 0.4) is 0 Å². The number of aromatic nitrogens is 2. The molecule has 19 heavy (non-hydrogen) atoms. The van der Waals surface area contributed by atoms with Gasteiger partial charge in [0.2, 0.25) is 0 Å². The highest BCUT2D eigenvalue weighted by atomic mass is 35.5. The van der Waals surface area contributed by atoms with E-state index in [4.69, 9.17) is 32.1 Å². The first kappa shape index (κ1) is 12.8. The molecular formula is C12H8Cl2N2O2S. The fourth-order valence-corrected chi connectivity index (χ4v) is 2.79. The molecule has 0 unspecified atom stereocenters. The summed E-state index contributed by atoms with van der Waals surface area (Å²) < 4.78 is 10.4. The number of rotatable bonds is 3. The maximum absolute atomic E-state index is 6.19. The van der Waals surface area contributed by atoms with Crippen LogP contribution in [0.1, 0.15) is 11.3 Å². The minimum Gasteiger partial charge on any atom is -0.430 e. The van der Waals surface area contributed by atoms with E-state index in [1.54, 1.807) is 12.1 Å². The minimum atomic E-state index is 0.503. The van der Waals surface area contributed by atoms with Crippen molar-refractivity contribution in [2.24, 2.45) is 0 Å². The van der Waals surface area contributed by atoms with Crippen LogP contribution in [0.5, 0.6) is 0 Å². The highest BCUT2D eigenvalue weighted by molar-refractivity contribution is 7.98. The highest BCUT2D eigenvalue weighted by Crippen LogP contribution is 2.35. The molecule has 0 N–H and O–H groups in total. The van der Waals surface area contributed by atoms with E-state index in [9.17, 15) is 0 Å². The van der Waals surface area contributed by atoms with Crippen molar-refractivity contribution >= 4 is 46.1 Å². The van der Waals surface area contributed by atoms with Crippen LogP contribution < -0.4 is 0 Å². The summed E-state index contributed by atoms with van der Waals surface area (Å²) in [7, 11) is 0. The largest absolute Gasteiger partial charge is 0.430 e. The maximum Gasteiger partial charge on any atom is 0.257 e. The average Bonchev–Trinajstić information content (AvgIpc) is 3.02. The van der Waals surface area contributed by atoms with Gasteiger partial charge in [-0.3, -0.25) is 0 Å². The van der Waals surface area contributed by atoms with E-state index in [1.165, 1.54) is 18.0 Å². The summed E-state index contributed by atoms with van der Waals surface area (Å²) in [6.45, 7) is 1.84. The third-order valence-electron chi connectivity index (χ3n) is 2.62. The molecule has 3 rings (SSSR count). The summed E-state index contributed by atoms with van der Waals surface area (Å²) in [6, 6.07) is 3.55. The van der Waals surface area contributed by atoms with Crippen LogP contribution in [-0.4, -0.2) is 10.1 Å². The topological polar surface area (TPSA) is 52.1 Å². The van der Waals surface area contributed by atoms with Crippen LogP contribution in [0.15, 0.2) is 32.6 Å². The Balaban J connectivity index is 1.91. The van der Waals surface area contributed by atoms with E-state index in [0.29, 0.717) is 32.1 Å². The highest BCUT2D eigenvalue weighted by Gasteiger charge is 2.14. The Kier molecular flexibility index (Phi) is 3.43. The molecule has 0 fully saturated rings. The molecule has 0 aliphatic heterocycles. The fourth-order valence-electron chi connectivity index (χ4n) is 1.58. The zero-order chi connectivity index (χ0) is 13.4. The zero-order valence-corrected chi connectivity index (χ0v) is 12.1. The molecule has 0 bridgehead atoms. The third kappa shape index (κ3) is 2.45. The van der Waals surface area contributed by atoms with Crippen molar-refractivity contribution in [1.29, 1.82) is 0 Å². The second-order valence-electron chi connectivity index (χ2n) is 3.90. The maximum atomic E-state index is 6.19. The smallest absolute Gasteiger partial charge is 0.257 e. The minimum absolute atomic E-state index is 0.503. The quantitative estimate of drug-likeness (QED) is 0.654. The van der Waals surface area contributed by atoms with E-state index in [1.807, 2.05) is 6.92 Å². The molecular weight excluding hydrogens is 307 g/mol. The monoisotopic (exact) mass is 314 g/mol. The van der Waals surface area contributed by atoms with E-state index in [2.05, 4.69) is 10.1 Å². The number of fused-ring (bicyclic) bond motifs is 1. The number of hydrogen-bond donors (Lipinski definition) is 0. The standard InChI is InChI=1S/C12H8Cl2N2O2S/c1-6-8(13)4-9-11(10(6)14)18-12(15-9)19-5-7-2-3-17-16-7/h2-4H,5H2,1H3. The van der Waals surface area contributed by atoms with Crippen molar-refractivity contribution in [3.05, 3.63) is 39.7 Å². The average molecular weight is 315 g/mol. The molecule has 2 aromatic heterocycles. The summed E-state index contributed by atoms with van der Waals surface area (Å²) >= 11 is 13.7. The predicted molar refractivity (Wildman–Crippen MR) is 74.8 cm³/mol. The summed E-state index contributed by atoms with van der Waals surface area (Å²) in [4.78, 5) is 4.34. The van der Waals surface area contributed by atoms with Gasteiger partial charge in [-0.25, -0.2) is 4.98 Å². The number of benzene rings is 1. The first-order valence-electron chi connectivity index (χ1n) is 5.42. The summed E-state index contributed by atoms with van der Waals surface area (Å²) in [5.41, 5.74) is 2.84. The van der Waals surface area contributed by atoms with E-state index in [0.717, 1.165) is 11.3 Å². The van der Waals surface area contributed by atoms with Crippen molar-refractivity contribution in [3.8, 4) is 0 Å². The third-order valence-corrected chi connectivity index (χ3v) is 4.33. The molecule has 0 spiro atoms. The molecule has 98 valence electrons. The normalized spacial score (nSPS) is 11.3. The summed E-state index contributed by atoms with van der Waals surface area (Å²) in [5.74, 6) is 0.619. The number of hydrogen-bond acceptors (Lipinski definition) is 5. The molecule has 0 aliphatic rings. The second kappa shape index (κ2) is 5.07. The van der Waals surface area contributed by atoms with Gasteiger partial charge in [0.25, 0.3) is 5.22 Å². The van der Waals surface area contributed by atoms with E-state index in [-0.39, 0.29) is 0 Å². The summed E-state index contributed by atoms with van der Waals surface area (Å²) in [5, 5.41) is 5.43. The Morgan fingerprint density at radius 1 is 1.37 bits per heavy atom. The van der Waals surface area contributed by atoms with Gasteiger partial charge in [-0.05, 0) is 18.6 Å². The number of thioether (sulfide) groups is 1. The summed E-state index contributed by atoms with van der Waals surface area (Å²) in [6.07, 6.45) is 1.53. The molecule has 0 saturated carbocycles. The molecule has 1 aromatic carbocycles. The Morgan fingerprint density at radius 2 is 2.21 bits per heavy atom. The van der Waals surface area contributed by atoms with Gasteiger partial charge in [0.1, 0.15) is 11.8 Å². The second-order valence-corrected chi connectivity index (χ2v) is 5.62. The number of halogens is 2. The molecule has 0 radical (unpaired) electrons. The Bertz CT molecular complexity index is 725. The van der Waals surface area contributed by atoms with Crippen molar-refractivity contribution in [3.63, 3.8) is 0 Å². The van der Waals surface area contributed by atoms with Gasteiger partial charge in [0, 0.05) is 16.8 Å².